The number of carbonyl (C=O) groups is 1. The molecule has 0 amide bonds. The molecule has 2 aromatic rings. The molecule has 0 fully saturated rings. The molecule has 0 aliphatic rings. The highest BCUT2D eigenvalue weighted by Crippen LogP contribution is 2.25. The van der Waals surface area contributed by atoms with Crippen molar-refractivity contribution in [2.45, 2.75) is 31.4 Å². The van der Waals surface area contributed by atoms with Gasteiger partial charge in [0.25, 0.3) is 0 Å². The summed E-state index contributed by atoms with van der Waals surface area (Å²) in [6.07, 6.45) is 2.28. The largest absolute Gasteiger partial charge is 0.464 e. The van der Waals surface area contributed by atoms with Crippen LogP contribution in [0.15, 0.2) is 42.5 Å². The van der Waals surface area contributed by atoms with Crippen LogP contribution >= 0.6 is 0 Å². The molecule has 104 valence electrons. The minimum atomic E-state index is -0.407. The van der Waals surface area contributed by atoms with Crippen molar-refractivity contribution in [2.75, 3.05) is 0 Å². The van der Waals surface area contributed by atoms with E-state index in [2.05, 4.69) is 24.3 Å². The molecule has 2 rings (SSSR count). The van der Waals surface area contributed by atoms with Gasteiger partial charge in [-0.1, -0.05) is 42.5 Å². The maximum atomic E-state index is 11.3. The second-order valence-corrected chi connectivity index (χ2v) is 7.06. The van der Waals surface area contributed by atoms with Gasteiger partial charge in [-0.2, -0.15) is 0 Å². The first-order chi connectivity index (χ1) is 9.55. The van der Waals surface area contributed by atoms with Crippen LogP contribution in [-0.2, 0) is 27.1 Å². The molecule has 0 aliphatic carbocycles. The molecule has 0 aliphatic heterocycles. The van der Waals surface area contributed by atoms with E-state index < -0.39 is 4.75 Å². The Morgan fingerprint density at radius 1 is 1.15 bits per heavy atom. The van der Waals surface area contributed by atoms with Crippen molar-refractivity contribution < 1.29 is 9.00 Å². The van der Waals surface area contributed by atoms with Crippen molar-refractivity contribution in [3.63, 3.8) is 0 Å². The van der Waals surface area contributed by atoms with E-state index in [4.69, 9.17) is 0 Å². The van der Waals surface area contributed by atoms with E-state index in [0.717, 1.165) is 6.29 Å². The molecule has 0 aromatic heterocycles. The molecule has 1 unspecified atom stereocenters. The number of benzene rings is 2. The quantitative estimate of drug-likeness (QED) is 0.598. The molecule has 0 saturated heterocycles. The van der Waals surface area contributed by atoms with Gasteiger partial charge in [0.2, 0.25) is 4.75 Å². The van der Waals surface area contributed by atoms with E-state index in [-0.39, 0.29) is 5.92 Å². The topological polar surface area (TPSA) is 34.1 Å². The van der Waals surface area contributed by atoms with Crippen molar-refractivity contribution in [1.29, 1.82) is 0 Å². The molecule has 0 bridgehead atoms. The first-order valence-corrected chi connectivity index (χ1v) is 7.53. The van der Waals surface area contributed by atoms with Gasteiger partial charge in [0, 0.05) is 16.5 Å². The first-order valence-electron chi connectivity index (χ1n) is 6.78. The molecule has 1 atom stereocenters. The zero-order valence-corrected chi connectivity index (χ0v) is 12.7. The molecular weight excluding hydrogens is 268 g/mol. The van der Waals surface area contributed by atoms with E-state index >= 15 is 0 Å². The monoisotopic (exact) mass is 287 g/mol. The molecule has 0 heterocycles. The van der Waals surface area contributed by atoms with Crippen LogP contribution in [0.5, 0.6) is 0 Å². The van der Waals surface area contributed by atoms with Gasteiger partial charge in [-0.05, 0) is 36.6 Å². The molecule has 0 saturated carbocycles. The summed E-state index contributed by atoms with van der Waals surface area (Å²) in [6, 6.07) is 14.3. The summed E-state index contributed by atoms with van der Waals surface area (Å²) in [5.74, 6) is -0.114. The van der Waals surface area contributed by atoms with Crippen LogP contribution in [0.25, 0.3) is 10.8 Å². The molecule has 0 spiro atoms. The lowest BCUT2D eigenvalue weighted by Gasteiger charge is -2.14. The second kappa shape index (κ2) is 6.23. The van der Waals surface area contributed by atoms with Crippen LogP contribution in [-0.4, -0.2) is 11.0 Å². The van der Waals surface area contributed by atoms with Gasteiger partial charge in [0.1, 0.15) is 6.29 Å². The lowest BCUT2D eigenvalue weighted by Crippen LogP contribution is -2.24. The van der Waals surface area contributed by atoms with Crippen molar-refractivity contribution in [3.05, 3.63) is 48.0 Å². The summed E-state index contributed by atoms with van der Waals surface area (Å²) in [5, 5.41) is 2.38. The van der Waals surface area contributed by atoms with Crippen molar-refractivity contribution in [3.8, 4) is 0 Å². The van der Waals surface area contributed by atoms with Crippen LogP contribution in [0.1, 0.15) is 25.8 Å². The molecule has 2 aromatic carbocycles. The number of aldehydes is 1. The summed E-state index contributed by atoms with van der Waals surface area (Å²) in [5.41, 5.74) is 1.17. The normalized spacial score (nSPS) is 13.1. The summed E-state index contributed by atoms with van der Waals surface area (Å²) in [6.45, 7) is 3.79. The summed E-state index contributed by atoms with van der Waals surface area (Å²) >= 11 is 0.576. The van der Waals surface area contributed by atoms with E-state index in [9.17, 15) is 9.00 Å². The van der Waals surface area contributed by atoms with Crippen LogP contribution in [0, 0.1) is 5.92 Å². The highest BCUT2D eigenvalue weighted by Gasteiger charge is 2.35. The highest BCUT2D eigenvalue weighted by molar-refractivity contribution is 7.67. The Labute approximate surface area is 123 Å². The lowest BCUT2D eigenvalue weighted by molar-refractivity contribution is -0.111. The Balaban J connectivity index is 2.26. The van der Waals surface area contributed by atoms with Gasteiger partial charge < -0.3 is 4.79 Å². The number of fused-ring (bicyclic) bond motifs is 1. The lowest BCUT2D eigenvalue weighted by atomic mass is 9.89. The highest BCUT2D eigenvalue weighted by atomic mass is 32.1. The molecule has 0 N–H and O–H groups in total. The predicted octanol–water partition coefficient (Wildman–Crippen LogP) is 3.79. The van der Waals surface area contributed by atoms with Gasteiger partial charge in [-0.3, -0.25) is 0 Å². The van der Waals surface area contributed by atoms with Crippen molar-refractivity contribution in [1.82, 2.24) is 0 Å². The third kappa shape index (κ3) is 3.48. The molecule has 3 heteroatoms. The predicted molar refractivity (Wildman–Crippen MR) is 84.0 cm³/mol. The Kier molecular flexibility index (Phi) is 4.61. The molecule has 2 nitrogen and oxygen atoms in total. The number of hydrogen-bond donors (Lipinski definition) is 0. The van der Waals surface area contributed by atoms with Gasteiger partial charge in [-0.15, -0.1) is 0 Å². The average Bonchev–Trinajstić information content (AvgIpc) is 2.46. The van der Waals surface area contributed by atoms with E-state index in [1.165, 1.54) is 16.3 Å². The number of rotatable bonds is 6. The maximum absolute atomic E-state index is 11.3. The Morgan fingerprint density at radius 3 is 2.55 bits per heavy atom. The minimum Gasteiger partial charge on any atom is -0.303 e. The number of hydrogen-bond acceptors (Lipinski definition) is 2. The average molecular weight is 287 g/mol. The Hall–Kier alpha value is -1.61. The fourth-order valence-electron chi connectivity index (χ4n) is 2.59. The van der Waals surface area contributed by atoms with Gasteiger partial charge in [-0.25, -0.2) is 0 Å². The van der Waals surface area contributed by atoms with E-state index in [1.54, 1.807) is 0 Å². The van der Waals surface area contributed by atoms with Crippen LogP contribution in [0.3, 0.4) is 0 Å². The zero-order valence-electron chi connectivity index (χ0n) is 11.8. The van der Waals surface area contributed by atoms with Crippen LogP contribution in [0.2, 0.25) is 0 Å². The molecular formula is C17H19O2S+. The van der Waals surface area contributed by atoms with Crippen molar-refractivity contribution >= 4 is 28.7 Å². The smallest absolute Gasteiger partial charge is 0.303 e. The summed E-state index contributed by atoms with van der Waals surface area (Å²) < 4.78 is 10.7. The Bertz CT molecular complexity index is 614. The second-order valence-electron chi connectivity index (χ2n) is 5.79. The van der Waals surface area contributed by atoms with Gasteiger partial charge >= 0.3 is 11.7 Å². The third-order valence-electron chi connectivity index (χ3n) is 3.53. The zero-order chi connectivity index (χ0) is 14.6. The van der Waals surface area contributed by atoms with Gasteiger partial charge in [0.05, 0.1) is 0 Å². The van der Waals surface area contributed by atoms with Crippen molar-refractivity contribution in [2.24, 2.45) is 5.92 Å². The summed E-state index contributed by atoms with van der Waals surface area (Å²) in [4.78, 5) is 11.3. The maximum Gasteiger partial charge on any atom is 0.464 e. The van der Waals surface area contributed by atoms with Crippen LogP contribution in [0.4, 0.5) is 0 Å². The number of carbonyl (C=O) groups excluding carboxylic acids is 1. The minimum absolute atomic E-state index is 0.114. The fourth-order valence-corrected chi connectivity index (χ4v) is 2.87. The molecule has 20 heavy (non-hydrogen) atoms. The van der Waals surface area contributed by atoms with E-state index in [0.29, 0.717) is 24.5 Å². The standard InChI is InChI=1S/C17H19O2S/c1-17(2,20-19)11-13(12-18)10-15-8-5-7-14-6-3-4-9-16(14)15/h3-9,12-13H,10-11H2,1-2H3/q+1. The first kappa shape index (κ1) is 14.8. The fraction of sp³-hybridized carbons (Fsp3) is 0.353. The molecule has 0 radical (unpaired) electrons. The Morgan fingerprint density at radius 2 is 1.85 bits per heavy atom. The SMILES string of the molecule is CC(C)(CC(C=O)Cc1cccc2ccccc12)[S+]=O. The van der Waals surface area contributed by atoms with E-state index in [1.807, 2.05) is 32.0 Å². The third-order valence-corrected chi connectivity index (χ3v) is 4.15. The summed E-state index contributed by atoms with van der Waals surface area (Å²) in [7, 11) is 0. The van der Waals surface area contributed by atoms with Gasteiger partial charge in [0.15, 0.2) is 0 Å². The van der Waals surface area contributed by atoms with Crippen LogP contribution < -0.4 is 0 Å².